The van der Waals surface area contributed by atoms with Crippen LogP contribution in [0.4, 0.5) is 27.9 Å². The van der Waals surface area contributed by atoms with Crippen LogP contribution in [0, 0.1) is 0 Å². The fourth-order valence-corrected chi connectivity index (χ4v) is 5.31. The van der Waals surface area contributed by atoms with Gasteiger partial charge >= 0.3 is 6.09 Å². The number of nitrogens with zero attached hydrogens (tertiary/aromatic N) is 5. The van der Waals surface area contributed by atoms with E-state index in [2.05, 4.69) is 15.3 Å². The first-order chi connectivity index (χ1) is 19.5. The van der Waals surface area contributed by atoms with Crippen molar-refractivity contribution in [1.29, 1.82) is 0 Å². The molecule has 216 valence electrons. The number of benzene rings is 2. The summed E-state index contributed by atoms with van der Waals surface area (Å²) in [4.78, 5) is 39.6. The van der Waals surface area contributed by atoms with Crippen LogP contribution in [0.15, 0.2) is 48.7 Å². The molecule has 12 heteroatoms. The van der Waals surface area contributed by atoms with Crippen LogP contribution in [-0.4, -0.2) is 65.4 Å². The van der Waals surface area contributed by atoms with E-state index in [0.29, 0.717) is 46.2 Å². The Morgan fingerprint density at radius 3 is 2.34 bits per heavy atom. The van der Waals surface area contributed by atoms with Crippen molar-refractivity contribution >= 4 is 58.3 Å². The number of ether oxygens (including phenoxy) is 2. The lowest BCUT2D eigenvalue weighted by Gasteiger charge is -2.35. The van der Waals surface area contributed by atoms with E-state index in [1.165, 1.54) is 11.1 Å². The van der Waals surface area contributed by atoms with Gasteiger partial charge in [-0.2, -0.15) is 4.98 Å². The quantitative estimate of drug-likeness (QED) is 0.362. The van der Waals surface area contributed by atoms with Crippen molar-refractivity contribution in [3.8, 4) is 5.75 Å². The Morgan fingerprint density at radius 1 is 1.05 bits per heavy atom. The molecule has 1 aromatic heterocycles. The van der Waals surface area contributed by atoms with Gasteiger partial charge in [-0.1, -0.05) is 29.3 Å². The number of hydrogen-bond acceptors (Lipinski definition) is 8. The molecule has 0 atom stereocenters. The molecule has 3 aromatic rings. The van der Waals surface area contributed by atoms with Crippen molar-refractivity contribution in [2.75, 3.05) is 41.9 Å². The van der Waals surface area contributed by atoms with E-state index in [1.54, 1.807) is 23.1 Å². The van der Waals surface area contributed by atoms with Crippen molar-refractivity contribution in [3.63, 3.8) is 0 Å². The maximum atomic E-state index is 13.3. The summed E-state index contributed by atoms with van der Waals surface area (Å²) in [5, 5.41) is 3.97. The molecular formula is C29H32Cl2N6O4. The Labute approximate surface area is 249 Å². The van der Waals surface area contributed by atoms with Crippen molar-refractivity contribution in [1.82, 2.24) is 14.9 Å². The molecular weight excluding hydrogens is 567 g/mol. The molecule has 0 unspecified atom stereocenters. The number of para-hydroxylation sites is 1. The number of hydrogen-bond donors (Lipinski definition) is 1. The standard InChI is InChI=1S/C29H32Cl2N6O4/c1-29(2,3)41-28(39)36-14-12-20(13-15-36)40-19-10-8-18(9-11-19)33-27-32-16-21-25(34-27)35(4)17-37(26(21)38)24-22(30)6-5-7-23(24)31/h5-11,16,20H,12-15,17H2,1-4H3,(H,32,33,34). The number of piperidine rings is 1. The zero-order chi connectivity index (χ0) is 29.3. The number of carbonyl (C=O) groups is 2. The van der Waals surface area contributed by atoms with Gasteiger partial charge in [-0.05, 0) is 57.2 Å². The van der Waals surface area contributed by atoms with Gasteiger partial charge in [-0.3, -0.25) is 9.69 Å². The average Bonchev–Trinajstić information content (AvgIpc) is 2.92. The summed E-state index contributed by atoms with van der Waals surface area (Å²) in [6, 6.07) is 12.6. The molecule has 0 spiro atoms. The van der Waals surface area contributed by atoms with E-state index in [1.807, 2.05) is 57.0 Å². The minimum atomic E-state index is -0.509. The van der Waals surface area contributed by atoms with E-state index in [-0.39, 0.29) is 24.8 Å². The van der Waals surface area contributed by atoms with Gasteiger partial charge < -0.3 is 24.6 Å². The van der Waals surface area contributed by atoms with Crippen LogP contribution in [0.1, 0.15) is 44.0 Å². The Kier molecular flexibility index (Phi) is 8.15. The van der Waals surface area contributed by atoms with Gasteiger partial charge in [0.15, 0.2) is 0 Å². The number of halogens is 2. The first-order valence-electron chi connectivity index (χ1n) is 13.3. The van der Waals surface area contributed by atoms with Gasteiger partial charge in [0, 0.05) is 44.9 Å². The molecule has 2 amide bonds. The van der Waals surface area contributed by atoms with Crippen LogP contribution in [0.25, 0.3) is 0 Å². The summed E-state index contributed by atoms with van der Waals surface area (Å²) in [5.41, 5.74) is 1.06. The van der Waals surface area contributed by atoms with Gasteiger partial charge in [0.25, 0.3) is 5.91 Å². The minimum Gasteiger partial charge on any atom is -0.490 e. The van der Waals surface area contributed by atoms with Crippen molar-refractivity contribution in [2.45, 2.75) is 45.3 Å². The lowest BCUT2D eigenvalue weighted by Crippen LogP contribution is -2.46. The van der Waals surface area contributed by atoms with Gasteiger partial charge in [-0.25, -0.2) is 9.78 Å². The number of anilines is 4. The number of carbonyl (C=O) groups excluding carboxylic acids is 2. The third kappa shape index (κ3) is 6.60. The largest absolute Gasteiger partial charge is 0.490 e. The highest BCUT2D eigenvalue weighted by Gasteiger charge is 2.33. The zero-order valence-electron chi connectivity index (χ0n) is 23.4. The van der Waals surface area contributed by atoms with Gasteiger partial charge in [0.05, 0.1) is 22.4 Å². The number of rotatable bonds is 5. The van der Waals surface area contributed by atoms with Crippen LogP contribution in [0.2, 0.25) is 10.0 Å². The van der Waals surface area contributed by atoms with Crippen LogP contribution >= 0.6 is 23.2 Å². The fraction of sp³-hybridized carbons (Fsp3) is 0.379. The van der Waals surface area contributed by atoms with E-state index in [0.717, 1.165) is 24.3 Å². The normalized spacial score (nSPS) is 16.0. The second-order valence-corrected chi connectivity index (χ2v) is 11.8. The summed E-state index contributed by atoms with van der Waals surface area (Å²) in [6.45, 7) is 7.01. The number of nitrogens with one attached hydrogen (secondary N) is 1. The zero-order valence-corrected chi connectivity index (χ0v) is 24.9. The van der Waals surface area contributed by atoms with Gasteiger partial charge in [0.2, 0.25) is 5.95 Å². The Morgan fingerprint density at radius 2 is 1.71 bits per heavy atom. The molecule has 1 fully saturated rings. The highest BCUT2D eigenvalue weighted by atomic mass is 35.5. The maximum Gasteiger partial charge on any atom is 0.410 e. The molecule has 10 nitrogen and oxygen atoms in total. The Bertz CT molecular complexity index is 1420. The lowest BCUT2D eigenvalue weighted by atomic mass is 10.1. The van der Waals surface area contributed by atoms with E-state index in [4.69, 9.17) is 32.7 Å². The van der Waals surface area contributed by atoms with Crippen molar-refractivity contribution < 1.29 is 19.1 Å². The molecule has 0 bridgehead atoms. The van der Waals surface area contributed by atoms with Crippen LogP contribution < -0.4 is 19.9 Å². The molecule has 0 aliphatic carbocycles. The molecule has 2 aliphatic rings. The Hall–Kier alpha value is -3.76. The second kappa shape index (κ2) is 11.6. The van der Waals surface area contributed by atoms with Crippen molar-refractivity contribution in [3.05, 3.63) is 64.3 Å². The molecule has 41 heavy (non-hydrogen) atoms. The number of aromatic nitrogens is 2. The summed E-state index contributed by atoms with van der Waals surface area (Å²) in [6.07, 6.45) is 2.70. The predicted octanol–water partition coefficient (Wildman–Crippen LogP) is 6.36. The molecule has 0 radical (unpaired) electrons. The molecule has 5 rings (SSSR count). The summed E-state index contributed by atoms with van der Waals surface area (Å²) in [5.74, 6) is 1.32. The van der Waals surface area contributed by atoms with Crippen molar-refractivity contribution in [2.24, 2.45) is 0 Å². The molecule has 3 heterocycles. The second-order valence-electron chi connectivity index (χ2n) is 11.0. The number of amides is 2. The van der Waals surface area contributed by atoms with E-state index >= 15 is 0 Å². The number of fused-ring (bicyclic) bond motifs is 1. The molecule has 1 N–H and O–H groups in total. The molecule has 1 saturated heterocycles. The monoisotopic (exact) mass is 598 g/mol. The third-order valence-electron chi connectivity index (χ3n) is 6.67. The molecule has 0 saturated carbocycles. The van der Waals surface area contributed by atoms with Crippen LogP contribution in [0.5, 0.6) is 5.75 Å². The predicted molar refractivity (Wildman–Crippen MR) is 160 cm³/mol. The maximum absolute atomic E-state index is 13.3. The first kappa shape index (κ1) is 28.8. The topological polar surface area (TPSA) is 100 Å². The minimum absolute atomic E-state index is 0.0183. The van der Waals surface area contributed by atoms with Crippen LogP contribution in [-0.2, 0) is 4.74 Å². The summed E-state index contributed by atoms with van der Waals surface area (Å²) in [7, 11) is 1.84. The number of likely N-dealkylation sites (tertiary alicyclic amines) is 1. The Balaban J connectivity index is 1.19. The SMILES string of the molecule is CN1CN(c2c(Cl)cccc2Cl)C(=O)c2cnc(Nc3ccc(OC4CCN(C(=O)OC(C)(C)C)CC4)cc3)nc21. The third-order valence-corrected chi connectivity index (χ3v) is 7.28. The smallest absolute Gasteiger partial charge is 0.410 e. The molecule has 2 aromatic carbocycles. The van der Waals surface area contributed by atoms with E-state index < -0.39 is 5.60 Å². The summed E-state index contributed by atoms with van der Waals surface area (Å²) < 4.78 is 11.6. The highest BCUT2D eigenvalue weighted by molar-refractivity contribution is 6.40. The van der Waals surface area contributed by atoms with Gasteiger partial charge in [-0.15, -0.1) is 0 Å². The van der Waals surface area contributed by atoms with Gasteiger partial charge in [0.1, 0.15) is 28.8 Å². The molecule has 2 aliphatic heterocycles. The summed E-state index contributed by atoms with van der Waals surface area (Å²) >= 11 is 12.7. The first-order valence-corrected chi connectivity index (χ1v) is 14.1. The van der Waals surface area contributed by atoms with Crippen LogP contribution in [0.3, 0.4) is 0 Å². The van der Waals surface area contributed by atoms with E-state index in [9.17, 15) is 9.59 Å². The average molecular weight is 600 g/mol. The highest BCUT2D eigenvalue weighted by Crippen LogP contribution is 2.37. The lowest BCUT2D eigenvalue weighted by molar-refractivity contribution is 0.0126. The fourth-order valence-electron chi connectivity index (χ4n) is 4.70.